The van der Waals surface area contributed by atoms with Crippen LogP contribution in [0.4, 0.5) is 0 Å². The molecule has 0 saturated carbocycles. The Morgan fingerprint density at radius 1 is 1.17 bits per heavy atom. The highest BCUT2D eigenvalue weighted by Gasteiger charge is 2.04. The van der Waals surface area contributed by atoms with Crippen molar-refractivity contribution in [3.63, 3.8) is 0 Å². The number of nitrogens with zero attached hydrogens (tertiary/aromatic N) is 3. The van der Waals surface area contributed by atoms with Gasteiger partial charge in [0.2, 0.25) is 5.91 Å². The average molecular weight is 371 g/mol. The maximum atomic E-state index is 11.9. The molecule has 0 aliphatic heterocycles. The molecule has 6 heteroatoms. The van der Waals surface area contributed by atoms with Crippen LogP contribution in [0.3, 0.4) is 0 Å². The van der Waals surface area contributed by atoms with Crippen molar-refractivity contribution in [3.05, 3.63) is 70.6 Å². The van der Waals surface area contributed by atoms with Crippen LogP contribution in [0.5, 0.6) is 0 Å². The smallest absolute Gasteiger partial charge is 0.244 e. The first-order chi connectivity index (χ1) is 11.2. The predicted molar refractivity (Wildman–Crippen MR) is 92.9 cm³/mol. The number of fused-ring (bicyclic) bond motifs is 1. The molecule has 0 saturated heterocycles. The van der Waals surface area contributed by atoms with Gasteiger partial charge in [0.25, 0.3) is 0 Å². The van der Waals surface area contributed by atoms with Crippen molar-refractivity contribution in [2.45, 2.75) is 6.42 Å². The Bertz CT molecular complexity index is 856. The molecule has 0 unspecified atom stereocenters. The van der Waals surface area contributed by atoms with Gasteiger partial charge in [0.05, 0.1) is 0 Å². The summed E-state index contributed by atoms with van der Waals surface area (Å²) in [4.78, 5) is 11.9. The van der Waals surface area contributed by atoms with Crippen LogP contribution in [0.15, 0.2) is 59.2 Å². The van der Waals surface area contributed by atoms with Gasteiger partial charge in [-0.15, -0.1) is 10.2 Å². The number of aromatic nitrogens is 3. The van der Waals surface area contributed by atoms with E-state index in [-0.39, 0.29) is 5.91 Å². The van der Waals surface area contributed by atoms with Crippen molar-refractivity contribution in [2.24, 2.45) is 0 Å². The largest absolute Gasteiger partial charge is 0.352 e. The minimum atomic E-state index is -0.130. The van der Waals surface area contributed by atoms with Crippen LogP contribution in [0.2, 0.25) is 0 Å². The van der Waals surface area contributed by atoms with E-state index < -0.39 is 0 Å². The minimum absolute atomic E-state index is 0.130. The SMILES string of the molecule is O=C(C=Cc1ccccc1Br)NCCc1nnc2ccccn12. The van der Waals surface area contributed by atoms with E-state index in [9.17, 15) is 4.79 Å². The monoisotopic (exact) mass is 370 g/mol. The zero-order chi connectivity index (χ0) is 16.1. The van der Waals surface area contributed by atoms with E-state index in [1.165, 1.54) is 6.08 Å². The number of benzene rings is 1. The molecule has 0 aliphatic carbocycles. The molecule has 0 fully saturated rings. The lowest BCUT2D eigenvalue weighted by Gasteiger charge is -2.02. The van der Waals surface area contributed by atoms with E-state index in [0.717, 1.165) is 21.5 Å². The topological polar surface area (TPSA) is 59.3 Å². The van der Waals surface area contributed by atoms with E-state index in [0.29, 0.717) is 13.0 Å². The molecule has 1 amide bonds. The van der Waals surface area contributed by atoms with Crippen molar-refractivity contribution in [1.82, 2.24) is 19.9 Å². The minimum Gasteiger partial charge on any atom is -0.352 e. The molecule has 1 N–H and O–H groups in total. The van der Waals surface area contributed by atoms with Crippen molar-refractivity contribution in [2.75, 3.05) is 6.54 Å². The Morgan fingerprint density at radius 3 is 2.87 bits per heavy atom. The highest BCUT2D eigenvalue weighted by molar-refractivity contribution is 9.10. The summed E-state index contributed by atoms with van der Waals surface area (Å²) in [6, 6.07) is 13.5. The summed E-state index contributed by atoms with van der Waals surface area (Å²) in [5.74, 6) is 0.699. The van der Waals surface area contributed by atoms with Gasteiger partial charge in [-0.25, -0.2) is 0 Å². The van der Waals surface area contributed by atoms with Gasteiger partial charge in [0.1, 0.15) is 5.82 Å². The number of carbonyl (C=O) groups excluding carboxylic acids is 1. The Hall–Kier alpha value is -2.47. The maximum absolute atomic E-state index is 11.9. The number of carbonyl (C=O) groups is 1. The molecule has 0 radical (unpaired) electrons. The third-order valence-corrected chi connectivity index (χ3v) is 4.07. The normalized spacial score (nSPS) is 11.2. The number of hydrogen-bond donors (Lipinski definition) is 1. The molecule has 0 spiro atoms. The lowest BCUT2D eigenvalue weighted by atomic mass is 10.2. The Balaban J connectivity index is 1.54. The molecule has 23 heavy (non-hydrogen) atoms. The Morgan fingerprint density at radius 2 is 2.00 bits per heavy atom. The van der Waals surface area contributed by atoms with Crippen LogP contribution < -0.4 is 5.32 Å². The molecular weight excluding hydrogens is 356 g/mol. The second-order valence-electron chi connectivity index (χ2n) is 4.94. The first-order valence-corrected chi connectivity index (χ1v) is 8.02. The van der Waals surface area contributed by atoms with Gasteiger partial charge in [-0.05, 0) is 29.8 Å². The predicted octanol–water partition coefficient (Wildman–Crippen LogP) is 2.86. The molecule has 3 aromatic rings. The van der Waals surface area contributed by atoms with E-state index in [2.05, 4.69) is 31.4 Å². The number of rotatable bonds is 5. The molecular formula is C17H15BrN4O. The van der Waals surface area contributed by atoms with Crippen molar-refractivity contribution >= 4 is 33.6 Å². The number of amides is 1. The highest BCUT2D eigenvalue weighted by Crippen LogP contribution is 2.16. The fourth-order valence-electron chi connectivity index (χ4n) is 2.19. The van der Waals surface area contributed by atoms with Gasteiger partial charge in [0.15, 0.2) is 5.65 Å². The van der Waals surface area contributed by atoms with Crippen LogP contribution in [-0.2, 0) is 11.2 Å². The van der Waals surface area contributed by atoms with Crippen molar-refractivity contribution in [3.8, 4) is 0 Å². The maximum Gasteiger partial charge on any atom is 0.244 e. The number of halogens is 1. The summed E-state index contributed by atoms with van der Waals surface area (Å²) in [6.45, 7) is 0.509. The zero-order valence-electron chi connectivity index (χ0n) is 12.3. The molecule has 2 heterocycles. The zero-order valence-corrected chi connectivity index (χ0v) is 13.9. The van der Waals surface area contributed by atoms with Crippen LogP contribution in [0.1, 0.15) is 11.4 Å². The van der Waals surface area contributed by atoms with Crippen LogP contribution in [-0.4, -0.2) is 27.0 Å². The number of pyridine rings is 1. The first-order valence-electron chi connectivity index (χ1n) is 7.23. The van der Waals surface area contributed by atoms with E-state index >= 15 is 0 Å². The van der Waals surface area contributed by atoms with Gasteiger partial charge < -0.3 is 5.32 Å². The second kappa shape index (κ2) is 7.19. The van der Waals surface area contributed by atoms with Crippen LogP contribution in [0, 0.1) is 0 Å². The molecule has 116 valence electrons. The fourth-order valence-corrected chi connectivity index (χ4v) is 2.61. The molecule has 0 atom stereocenters. The van der Waals surface area contributed by atoms with E-state index in [4.69, 9.17) is 0 Å². The van der Waals surface area contributed by atoms with Gasteiger partial charge in [-0.2, -0.15) is 0 Å². The molecule has 3 rings (SSSR count). The van der Waals surface area contributed by atoms with Crippen molar-refractivity contribution in [1.29, 1.82) is 0 Å². The summed E-state index contributed by atoms with van der Waals surface area (Å²) < 4.78 is 2.88. The van der Waals surface area contributed by atoms with Crippen LogP contribution in [0.25, 0.3) is 11.7 Å². The lowest BCUT2D eigenvalue weighted by Crippen LogP contribution is -2.24. The third kappa shape index (κ3) is 3.84. The van der Waals surface area contributed by atoms with Crippen molar-refractivity contribution < 1.29 is 4.79 Å². The lowest BCUT2D eigenvalue weighted by molar-refractivity contribution is -0.116. The molecule has 0 aliphatic rings. The summed E-state index contributed by atoms with van der Waals surface area (Å²) >= 11 is 3.45. The van der Waals surface area contributed by atoms with Crippen LogP contribution >= 0.6 is 15.9 Å². The van der Waals surface area contributed by atoms with E-state index in [1.54, 1.807) is 6.08 Å². The Labute approximate surface area is 142 Å². The third-order valence-electron chi connectivity index (χ3n) is 3.35. The standard InChI is InChI=1S/C17H15BrN4O/c18-14-6-2-1-5-13(14)8-9-17(23)19-11-10-16-21-20-15-7-3-4-12-22(15)16/h1-9,12H,10-11H2,(H,19,23). The van der Waals surface area contributed by atoms with Gasteiger partial charge in [0, 0.05) is 29.7 Å². The molecule has 2 aromatic heterocycles. The first kappa shape index (κ1) is 15.4. The van der Waals surface area contributed by atoms with Gasteiger partial charge in [-0.1, -0.05) is 40.2 Å². The highest BCUT2D eigenvalue weighted by atomic mass is 79.9. The fraction of sp³-hybridized carbons (Fsp3) is 0.118. The molecule has 5 nitrogen and oxygen atoms in total. The van der Waals surface area contributed by atoms with E-state index in [1.807, 2.05) is 53.1 Å². The quantitative estimate of drug-likeness (QED) is 0.702. The number of nitrogens with one attached hydrogen (secondary N) is 1. The average Bonchev–Trinajstić information content (AvgIpc) is 2.98. The Kier molecular flexibility index (Phi) is 4.83. The van der Waals surface area contributed by atoms with Gasteiger partial charge in [-0.3, -0.25) is 9.20 Å². The summed E-state index contributed by atoms with van der Waals surface area (Å²) in [5, 5.41) is 11.1. The second-order valence-corrected chi connectivity index (χ2v) is 5.80. The molecule has 0 bridgehead atoms. The number of hydrogen-bond acceptors (Lipinski definition) is 3. The van der Waals surface area contributed by atoms with Gasteiger partial charge >= 0.3 is 0 Å². The summed E-state index contributed by atoms with van der Waals surface area (Å²) in [6.07, 6.45) is 5.85. The molecule has 1 aromatic carbocycles. The summed E-state index contributed by atoms with van der Waals surface area (Å²) in [7, 11) is 0. The summed E-state index contributed by atoms with van der Waals surface area (Å²) in [5.41, 5.74) is 1.77.